The second kappa shape index (κ2) is 7.45. The average molecular weight is 331 g/mol. The number of Topliss-reactive ketones (excluding diaryl/α,β-unsaturated/α-hetero) is 1. The Bertz CT molecular complexity index is 598. The lowest BCUT2D eigenvalue weighted by molar-refractivity contribution is -0.122. The lowest BCUT2D eigenvalue weighted by Crippen LogP contribution is -2.40. The zero-order valence-electron chi connectivity index (χ0n) is 14.3. The van der Waals surface area contributed by atoms with Crippen LogP contribution in [0.15, 0.2) is 24.3 Å². The highest BCUT2D eigenvalue weighted by Crippen LogP contribution is 2.49. The van der Waals surface area contributed by atoms with E-state index in [4.69, 9.17) is 0 Å². The van der Waals surface area contributed by atoms with Gasteiger partial charge in [-0.2, -0.15) is 0 Å². The maximum atomic E-state index is 12.8. The summed E-state index contributed by atoms with van der Waals surface area (Å²) in [6.45, 7) is 2.12. The van der Waals surface area contributed by atoms with E-state index in [1.54, 1.807) is 0 Å². The fourth-order valence-electron chi connectivity index (χ4n) is 4.53. The first-order valence-electron chi connectivity index (χ1n) is 9.11. The molecule has 4 heteroatoms. The molecular formula is C20H26FNO2. The first-order chi connectivity index (χ1) is 11.5. The first-order valence-corrected chi connectivity index (χ1v) is 9.11. The van der Waals surface area contributed by atoms with E-state index >= 15 is 0 Å². The highest BCUT2D eigenvalue weighted by Gasteiger charge is 2.42. The molecule has 2 saturated carbocycles. The summed E-state index contributed by atoms with van der Waals surface area (Å²) in [7, 11) is 0. The van der Waals surface area contributed by atoms with E-state index in [0.717, 1.165) is 11.8 Å². The molecule has 1 N–H and O–H groups in total. The molecule has 1 aromatic rings. The molecule has 2 bridgehead atoms. The fourth-order valence-corrected chi connectivity index (χ4v) is 4.53. The van der Waals surface area contributed by atoms with Crippen molar-refractivity contribution in [3.8, 4) is 0 Å². The van der Waals surface area contributed by atoms with Crippen molar-refractivity contribution in [1.82, 2.24) is 5.32 Å². The molecule has 0 spiro atoms. The topological polar surface area (TPSA) is 46.2 Å². The van der Waals surface area contributed by atoms with E-state index in [-0.39, 0.29) is 23.5 Å². The molecule has 0 saturated heterocycles. The molecule has 1 aromatic carbocycles. The Kier molecular flexibility index (Phi) is 5.32. The second-order valence-corrected chi connectivity index (χ2v) is 7.48. The van der Waals surface area contributed by atoms with Gasteiger partial charge in [0, 0.05) is 24.4 Å². The predicted octanol–water partition coefficient (Wildman–Crippen LogP) is 4.12. The first kappa shape index (κ1) is 17.1. The molecule has 1 amide bonds. The van der Waals surface area contributed by atoms with Gasteiger partial charge in [0.1, 0.15) is 5.82 Å². The summed E-state index contributed by atoms with van der Waals surface area (Å²) in [6, 6.07) is 5.80. The Morgan fingerprint density at radius 2 is 1.92 bits per heavy atom. The van der Waals surface area contributed by atoms with E-state index in [0.29, 0.717) is 30.7 Å². The van der Waals surface area contributed by atoms with Crippen molar-refractivity contribution < 1.29 is 14.0 Å². The molecule has 0 aliphatic heterocycles. The van der Waals surface area contributed by atoms with Gasteiger partial charge in [0.2, 0.25) is 5.91 Å². The fraction of sp³-hybridized carbons (Fsp3) is 0.600. The Labute approximate surface area is 143 Å². The third-order valence-corrected chi connectivity index (χ3v) is 5.80. The minimum Gasteiger partial charge on any atom is -0.353 e. The smallest absolute Gasteiger partial charge is 0.220 e. The van der Waals surface area contributed by atoms with E-state index < -0.39 is 0 Å². The Hall–Kier alpha value is -1.71. The minimum absolute atomic E-state index is 0.0380. The van der Waals surface area contributed by atoms with E-state index in [2.05, 4.69) is 12.2 Å². The molecular weight excluding hydrogens is 305 g/mol. The third-order valence-electron chi connectivity index (χ3n) is 5.80. The number of carbonyl (C=O) groups is 2. The van der Waals surface area contributed by atoms with Crippen LogP contribution in [0.2, 0.25) is 0 Å². The largest absolute Gasteiger partial charge is 0.353 e. The molecule has 0 heterocycles. The van der Waals surface area contributed by atoms with Crippen molar-refractivity contribution in [1.29, 1.82) is 0 Å². The number of ketones is 1. The van der Waals surface area contributed by atoms with Crippen LogP contribution in [0.3, 0.4) is 0 Å². The normalized spacial score (nSPS) is 26.3. The van der Waals surface area contributed by atoms with Crippen molar-refractivity contribution in [2.75, 3.05) is 0 Å². The number of amides is 1. The van der Waals surface area contributed by atoms with Gasteiger partial charge in [-0.3, -0.25) is 9.59 Å². The molecule has 3 rings (SSSR count). The van der Waals surface area contributed by atoms with Crippen molar-refractivity contribution in [2.45, 2.75) is 57.9 Å². The van der Waals surface area contributed by atoms with Crippen molar-refractivity contribution in [3.63, 3.8) is 0 Å². The van der Waals surface area contributed by atoms with Crippen LogP contribution in [0.4, 0.5) is 4.39 Å². The molecule has 2 fully saturated rings. The summed E-state index contributed by atoms with van der Waals surface area (Å²) in [6.07, 6.45) is 6.52. The predicted molar refractivity (Wildman–Crippen MR) is 91.1 cm³/mol. The summed E-state index contributed by atoms with van der Waals surface area (Å²) in [4.78, 5) is 24.1. The van der Waals surface area contributed by atoms with Crippen LogP contribution in [0.1, 0.15) is 62.2 Å². The average Bonchev–Trinajstić information content (AvgIpc) is 3.18. The van der Waals surface area contributed by atoms with E-state index in [9.17, 15) is 14.0 Å². The molecule has 2 aliphatic carbocycles. The van der Waals surface area contributed by atoms with Crippen molar-refractivity contribution in [3.05, 3.63) is 35.6 Å². The van der Waals surface area contributed by atoms with Crippen molar-refractivity contribution >= 4 is 11.7 Å². The SMILES string of the molecule is C[C@@H](NC(=O)CCCC(=O)c1ccc(F)cc1)[C@@H]1C[C@@H]2CC[C@@H]1C2. The summed E-state index contributed by atoms with van der Waals surface area (Å²) in [5.74, 6) is 1.97. The van der Waals surface area contributed by atoms with Crippen LogP contribution in [-0.2, 0) is 4.79 Å². The van der Waals surface area contributed by atoms with Gasteiger partial charge in [-0.1, -0.05) is 6.42 Å². The number of hydrogen-bond acceptors (Lipinski definition) is 2. The lowest BCUT2D eigenvalue weighted by Gasteiger charge is -2.28. The molecule has 130 valence electrons. The zero-order chi connectivity index (χ0) is 17.1. The summed E-state index contributed by atoms with van der Waals surface area (Å²) in [5.41, 5.74) is 0.507. The molecule has 0 unspecified atom stereocenters. The van der Waals surface area contributed by atoms with Gasteiger partial charge in [0.15, 0.2) is 5.78 Å². The second-order valence-electron chi connectivity index (χ2n) is 7.48. The molecule has 3 nitrogen and oxygen atoms in total. The molecule has 4 atom stereocenters. The molecule has 2 aliphatic rings. The summed E-state index contributed by atoms with van der Waals surface area (Å²) in [5, 5.41) is 3.13. The van der Waals surface area contributed by atoms with Crippen LogP contribution in [0, 0.1) is 23.6 Å². The lowest BCUT2D eigenvalue weighted by atomic mass is 9.84. The molecule has 0 radical (unpaired) electrons. The van der Waals surface area contributed by atoms with Gasteiger partial charge in [0.25, 0.3) is 0 Å². The monoisotopic (exact) mass is 331 g/mol. The number of benzene rings is 1. The van der Waals surface area contributed by atoms with Crippen LogP contribution in [-0.4, -0.2) is 17.7 Å². The summed E-state index contributed by atoms with van der Waals surface area (Å²) >= 11 is 0. The van der Waals surface area contributed by atoms with E-state index in [1.165, 1.54) is 49.9 Å². The maximum absolute atomic E-state index is 12.8. The molecule has 24 heavy (non-hydrogen) atoms. The standard InChI is InChI=1S/C20H26FNO2/c1-13(18-12-14-5-6-16(18)11-14)22-20(24)4-2-3-19(23)15-7-9-17(21)10-8-15/h7-10,13-14,16,18H,2-6,11-12H2,1H3,(H,22,24)/t13-,14-,16-,18+/m1/s1. The molecule has 0 aromatic heterocycles. The number of halogens is 1. The highest BCUT2D eigenvalue weighted by atomic mass is 19.1. The van der Waals surface area contributed by atoms with Gasteiger partial charge >= 0.3 is 0 Å². The van der Waals surface area contributed by atoms with Gasteiger partial charge in [0.05, 0.1) is 0 Å². The highest BCUT2D eigenvalue weighted by molar-refractivity contribution is 5.96. The third kappa shape index (κ3) is 4.03. The summed E-state index contributed by atoms with van der Waals surface area (Å²) < 4.78 is 12.8. The minimum atomic E-state index is -0.347. The van der Waals surface area contributed by atoms with E-state index in [1.807, 2.05) is 0 Å². The number of rotatable bonds is 7. The van der Waals surface area contributed by atoms with Gasteiger partial charge in [-0.25, -0.2) is 4.39 Å². The Morgan fingerprint density at radius 3 is 2.54 bits per heavy atom. The van der Waals surface area contributed by atoms with Crippen molar-refractivity contribution in [2.24, 2.45) is 17.8 Å². The Balaban J connectivity index is 1.38. The van der Waals surface area contributed by atoms with Crippen LogP contribution < -0.4 is 5.32 Å². The zero-order valence-corrected chi connectivity index (χ0v) is 14.3. The number of hydrogen-bond donors (Lipinski definition) is 1. The quantitative estimate of drug-likeness (QED) is 0.764. The van der Waals surface area contributed by atoms with Gasteiger partial charge in [-0.05, 0) is 74.6 Å². The van der Waals surface area contributed by atoms with Crippen LogP contribution >= 0.6 is 0 Å². The van der Waals surface area contributed by atoms with Crippen LogP contribution in [0.5, 0.6) is 0 Å². The van der Waals surface area contributed by atoms with Gasteiger partial charge < -0.3 is 5.32 Å². The maximum Gasteiger partial charge on any atom is 0.220 e. The van der Waals surface area contributed by atoms with Crippen LogP contribution in [0.25, 0.3) is 0 Å². The number of carbonyl (C=O) groups excluding carboxylic acids is 2. The number of nitrogens with one attached hydrogen (secondary N) is 1. The van der Waals surface area contributed by atoms with Gasteiger partial charge in [-0.15, -0.1) is 0 Å². The number of fused-ring (bicyclic) bond motifs is 2. The Morgan fingerprint density at radius 1 is 1.17 bits per heavy atom.